The molecule has 26 heavy (non-hydrogen) atoms. The van der Waals surface area contributed by atoms with Crippen LogP contribution in [-0.4, -0.2) is 41.8 Å². The van der Waals surface area contributed by atoms with E-state index >= 15 is 0 Å². The standard InChI is InChI=1S/C17H13Br2NO5S/c1-3-5-20-16(22)13(26-17(20)23)8-10-6-11(18)15(12(19)7-10)25-9-14(21)24-4-2/h1,6-8H,4-5,9H2,2H3/b13-8-. The van der Waals surface area contributed by atoms with E-state index in [0.717, 1.165) is 16.7 Å². The van der Waals surface area contributed by atoms with Crippen LogP contribution >= 0.6 is 43.6 Å². The SMILES string of the molecule is C#CCN1C(=O)S/C(=C\c2cc(Br)c(OCC(=O)OCC)c(Br)c2)C1=O. The zero-order valence-corrected chi connectivity index (χ0v) is 17.6. The van der Waals surface area contributed by atoms with Gasteiger partial charge in [0.15, 0.2) is 6.61 Å². The van der Waals surface area contributed by atoms with Gasteiger partial charge in [0.05, 0.1) is 27.0 Å². The minimum Gasteiger partial charge on any atom is -0.480 e. The van der Waals surface area contributed by atoms with Crippen molar-refractivity contribution in [2.45, 2.75) is 6.92 Å². The van der Waals surface area contributed by atoms with Gasteiger partial charge in [0.2, 0.25) is 0 Å². The molecule has 2 rings (SSSR count). The molecular weight excluding hydrogens is 490 g/mol. The zero-order valence-electron chi connectivity index (χ0n) is 13.6. The van der Waals surface area contributed by atoms with Crippen LogP contribution in [0.3, 0.4) is 0 Å². The van der Waals surface area contributed by atoms with Crippen LogP contribution in [0.1, 0.15) is 12.5 Å². The van der Waals surface area contributed by atoms with Gasteiger partial charge in [-0.25, -0.2) is 4.79 Å². The average Bonchev–Trinajstić information content (AvgIpc) is 2.82. The number of nitrogens with zero attached hydrogens (tertiary/aromatic N) is 1. The second-order valence-corrected chi connectivity index (χ2v) is 7.58. The number of carbonyl (C=O) groups is 3. The van der Waals surface area contributed by atoms with Crippen molar-refractivity contribution in [2.24, 2.45) is 0 Å². The number of rotatable bonds is 6. The highest BCUT2D eigenvalue weighted by Crippen LogP contribution is 2.37. The van der Waals surface area contributed by atoms with Crippen LogP contribution in [0.25, 0.3) is 6.08 Å². The summed E-state index contributed by atoms with van der Waals surface area (Å²) in [5.41, 5.74) is 0.665. The van der Waals surface area contributed by atoms with Gasteiger partial charge in [-0.1, -0.05) is 5.92 Å². The molecule has 6 nitrogen and oxygen atoms in total. The van der Waals surface area contributed by atoms with Crippen LogP contribution in [0, 0.1) is 12.3 Å². The topological polar surface area (TPSA) is 72.9 Å². The molecule has 0 N–H and O–H groups in total. The van der Waals surface area contributed by atoms with Gasteiger partial charge in [-0.15, -0.1) is 6.42 Å². The molecule has 1 aliphatic heterocycles. The number of halogens is 2. The molecule has 0 spiro atoms. The summed E-state index contributed by atoms with van der Waals surface area (Å²) in [6, 6.07) is 3.42. The first-order valence-electron chi connectivity index (χ1n) is 7.33. The summed E-state index contributed by atoms with van der Waals surface area (Å²) in [5.74, 6) is 1.82. The van der Waals surface area contributed by atoms with E-state index in [1.807, 2.05) is 0 Å². The Morgan fingerprint density at radius 2 is 2.00 bits per heavy atom. The number of ether oxygens (including phenoxy) is 2. The van der Waals surface area contributed by atoms with Crippen LogP contribution in [0.15, 0.2) is 26.0 Å². The van der Waals surface area contributed by atoms with Crippen molar-refractivity contribution in [1.29, 1.82) is 0 Å². The first kappa shape index (κ1) is 20.6. The van der Waals surface area contributed by atoms with Gasteiger partial charge >= 0.3 is 5.97 Å². The highest BCUT2D eigenvalue weighted by atomic mass is 79.9. The summed E-state index contributed by atoms with van der Waals surface area (Å²) < 4.78 is 11.4. The molecule has 1 aliphatic rings. The number of hydrogen-bond acceptors (Lipinski definition) is 6. The predicted octanol–water partition coefficient (Wildman–Crippen LogP) is 3.82. The molecule has 0 bridgehead atoms. The molecule has 0 aromatic heterocycles. The van der Waals surface area contributed by atoms with Gasteiger partial charge < -0.3 is 9.47 Å². The molecule has 0 aliphatic carbocycles. The number of terminal acetylenes is 1. The van der Waals surface area contributed by atoms with Crippen molar-refractivity contribution in [3.8, 4) is 18.1 Å². The molecule has 1 fully saturated rings. The molecule has 1 heterocycles. The van der Waals surface area contributed by atoms with Gasteiger partial charge in [-0.3, -0.25) is 14.5 Å². The van der Waals surface area contributed by atoms with Crippen LogP contribution in [-0.2, 0) is 14.3 Å². The number of thioether (sulfide) groups is 1. The summed E-state index contributed by atoms with van der Waals surface area (Å²) in [6.45, 7) is 1.70. The number of imide groups is 1. The fraction of sp³-hybridized carbons (Fsp3) is 0.235. The summed E-state index contributed by atoms with van der Waals surface area (Å²) in [7, 11) is 0. The number of esters is 1. The molecule has 0 radical (unpaired) electrons. The van der Waals surface area contributed by atoms with Crippen molar-refractivity contribution >= 4 is 66.8 Å². The molecule has 0 unspecified atom stereocenters. The average molecular weight is 503 g/mol. The van der Waals surface area contributed by atoms with E-state index in [-0.39, 0.29) is 24.7 Å². The van der Waals surface area contributed by atoms with Gasteiger partial charge in [0.25, 0.3) is 11.1 Å². The first-order chi connectivity index (χ1) is 12.4. The minimum absolute atomic E-state index is 0.0595. The van der Waals surface area contributed by atoms with E-state index in [1.165, 1.54) is 0 Å². The molecule has 1 aromatic carbocycles. The third kappa shape index (κ3) is 4.90. The molecule has 2 amide bonds. The predicted molar refractivity (Wildman–Crippen MR) is 105 cm³/mol. The van der Waals surface area contributed by atoms with Crippen molar-refractivity contribution in [3.05, 3.63) is 31.5 Å². The normalized spacial score (nSPS) is 15.3. The lowest BCUT2D eigenvalue weighted by Crippen LogP contribution is -2.28. The fourth-order valence-electron chi connectivity index (χ4n) is 2.01. The Hall–Kier alpha value is -1.76. The lowest BCUT2D eigenvalue weighted by molar-refractivity contribution is -0.145. The molecule has 136 valence electrons. The van der Waals surface area contributed by atoms with Crippen molar-refractivity contribution < 1.29 is 23.9 Å². The van der Waals surface area contributed by atoms with E-state index in [0.29, 0.717) is 20.3 Å². The second-order valence-electron chi connectivity index (χ2n) is 4.88. The number of amides is 2. The van der Waals surface area contributed by atoms with Gasteiger partial charge in [0, 0.05) is 0 Å². The lowest BCUT2D eigenvalue weighted by atomic mass is 10.2. The van der Waals surface area contributed by atoms with Crippen LogP contribution in [0.4, 0.5) is 4.79 Å². The smallest absolute Gasteiger partial charge is 0.344 e. The zero-order chi connectivity index (χ0) is 19.3. The Labute approximate surface area is 171 Å². The Morgan fingerprint density at radius 1 is 1.35 bits per heavy atom. The monoisotopic (exact) mass is 501 g/mol. The first-order valence-corrected chi connectivity index (χ1v) is 9.74. The van der Waals surface area contributed by atoms with E-state index in [4.69, 9.17) is 15.9 Å². The highest BCUT2D eigenvalue weighted by Gasteiger charge is 2.34. The van der Waals surface area contributed by atoms with Crippen molar-refractivity contribution in [3.63, 3.8) is 0 Å². The molecule has 0 saturated carbocycles. The maximum atomic E-state index is 12.2. The minimum atomic E-state index is -0.474. The number of carbonyl (C=O) groups excluding carboxylic acids is 3. The fourth-order valence-corrected chi connectivity index (χ4v) is 4.30. The van der Waals surface area contributed by atoms with E-state index in [1.54, 1.807) is 25.1 Å². The van der Waals surface area contributed by atoms with Gasteiger partial charge in [-0.05, 0) is 74.3 Å². The Balaban J connectivity index is 2.20. The van der Waals surface area contributed by atoms with Gasteiger partial charge in [0.1, 0.15) is 5.75 Å². The lowest BCUT2D eigenvalue weighted by Gasteiger charge is -2.11. The summed E-state index contributed by atoms with van der Waals surface area (Å²) >= 11 is 7.57. The second kappa shape index (κ2) is 9.26. The molecular formula is C17H13Br2NO5S. The quantitative estimate of drug-likeness (QED) is 0.334. The van der Waals surface area contributed by atoms with E-state index < -0.39 is 17.1 Å². The maximum Gasteiger partial charge on any atom is 0.344 e. The van der Waals surface area contributed by atoms with Gasteiger partial charge in [-0.2, -0.15) is 0 Å². The Bertz CT molecular complexity index is 808. The summed E-state index contributed by atoms with van der Waals surface area (Å²) in [4.78, 5) is 36.7. The van der Waals surface area contributed by atoms with Crippen molar-refractivity contribution in [2.75, 3.05) is 19.8 Å². The number of benzene rings is 1. The third-order valence-electron chi connectivity index (χ3n) is 3.08. The largest absolute Gasteiger partial charge is 0.480 e. The molecule has 0 atom stereocenters. The van der Waals surface area contributed by atoms with E-state index in [2.05, 4.69) is 37.8 Å². The van der Waals surface area contributed by atoms with E-state index in [9.17, 15) is 14.4 Å². The Morgan fingerprint density at radius 3 is 2.58 bits per heavy atom. The van der Waals surface area contributed by atoms with Crippen LogP contribution in [0.2, 0.25) is 0 Å². The molecule has 9 heteroatoms. The summed E-state index contributed by atoms with van der Waals surface area (Å²) in [6.07, 6.45) is 6.76. The Kier molecular flexibility index (Phi) is 7.32. The number of hydrogen-bond donors (Lipinski definition) is 0. The van der Waals surface area contributed by atoms with Crippen LogP contribution in [0.5, 0.6) is 5.75 Å². The maximum absolute atomic E-state index is 12.2. The third-order valence-corrected chi connectivity index (χ3v) is 5.17. The molecule has 1 aromatic rings. The van der Waals surface area contributed by atoms with Crippen molar-refractivity contribution in [1.82, 2.24) is 4.90 Å². The highest BCUT2D eigenvalue weighted by molar-refractivity contribution is 9.11. The summed E-state index contributed by atoms with van der Waals surface area (Å²) in [5, 5.41) is -0.397. The molecule has 1 saturated heterocycles. The van der Waals surface area contributed by atoms with Crippen LogP contribution < -0.4 is 4.74 Å².